The van der Waals surface area contributed by atoms with Crippen molar-refractivity contribution in [3.8, 4) is 0 Å². The lowest BCUT2D eigenvalue weighted by molar-refractivity contribution is 0.480. The molecule has 3 aromatic rings. The quantitative estimate of drug-likeness (QED) is 0.776. The minimum absolute atomic E-state index is 0.133. The van der Waals surface area contributed by atoms with Gasteiger partial charge in [-0.3, -0.25) is 0 Å². The van der Waals surface area contributed by atoms with Crippen LogP contribution in [0.3, 0.4) is 0 Å². The van der Waals surface area contributed by atoms with Gasteiger partial charge in [0.05, 0.1) is 23.4 Å². The van der Waals surface area contributed by atoms with Crippen LogP contribution in [0, 0.1) is 5.82 Å². The summed E-state index contributed by atoms with van der Waals surface area (Å²) in [5, 5.41) is 3.45. The Morgan fingerprint density at radius 2 is 1.90 bits per heavy atom. The van der Waals surface area contributed by atoms with E-state index in [4.69, 9.17) is 0 Å². The second-order valence-electron chi connectivity index (χ2n) is 5.05. The van der Waals surface area contributed by atoms with E-state index in [0.717, 1.165) is 29.7 Å². The first-order chi connectivity index (χ1) is 10.3. The average molecular weight is 283 g/mol. The van der Waals surface area contributed by atoms with Crippen LogP contribution < -0.4 is 5.32 Å². The van der Waals surface area contributed by atoms with Crippen LogP contribution in [0.5, 0.6) is 0 Å². The third-order valence-electron chi connectivity index (χ3n) is 3.63. The van der Waals surface area contributed by atoms with Gasteiger partial charge in [0, 0.05) is 6.54 Å². The molecule has 2 aromatic carbocycles. The highest BCUT2D eigenvalue weighted by atomic mass is 19.1. The van der Waals surface area contributed by atoms with E-state index in [2.05, 4.69) is 27.9 Å². The van der Waals surface area contributed by atoms with E-state index < -0.39 is 0 Å². The Bertz CT molecular complexity index is 718. The Kier molecular flexibility index (Phi) is 3.97. The zero-order valence-electron chi connectivity index (χ0n) is 12.0. The van der Waals surface area contributed by atoms with Crippen LogP contribution in [0.1, 0.15) is 18.5 Å². The zero-order valence-corrected chi connectivity index (χ0v) is 12.0. The van der Waals surface area contributed by atoms with Gasteiger partial charge in [0.1, 0.15) is 5.82 Å². The summed E-state index contributed by atoms with van der Waals surface area (Å²) in [5.41, 5.74) is 3.19. The van der Waals surface area contributed by atoms with Gasteiger partial charge in [-0.1, -0.05) is 31.2 Å². The van der Waals surface area contributed by atoms with Crippen molar-refractivity contribution in [2.75, 3.05) is 6.54 Å². The Labute approximate surface area is 123 Å². The smallest absolute Gasteiger partial charge is 0.123 e. The average Bonchev–Trinajstić information content (AvgIpc) is 2.91. The molecule has 3 nitrogen and oxygen atoms in total. The molecule has 1 atom stereocenters. The van der Waals surface area contributed by atoms with Crippen molar-refractivity contribution in [3.05, 3.63) is 66.2 Å². The van der Waals surface area contributed by atoms with E-state index in [0.29, 0.717) is 0 Å². The molecule has 0 bridgehead atoms. The zero-order chi connectivity index (χ0) is 14.7. The molecule has 21 heavy (non-hydrogen) atoms. The van der Waals surface area contributed by atoms with Gasteiger partial charge in [-0.15, -0.1) is 0 Å². The second-order valence-corrected chi connectivity index (χ2v) is 5.05. The highest BCUT2D eigenvalue weighted by Gasteiger charge is 2.12. The van der Waals surface area contributed by atoms with Crippen LogP contribution in [0.25, 0.3) is 11.0 Å². The molecule has 0 saturated carbocycles. The number of imidazole rings is 1. The van der Waals surface area contributed by atoms with Crippen molar-refractivity contribution in [2.24, 2.45) is 0 Å². The number of likely N-dealkylation sites (N-methyl/N-ethyl adjacent to an activating group) is 1. The maximum Gasteiger partial charge on any atom is 0.123 e. The molecule has 0 spiro atoms. The van der Waals surface area contributed by atoms with E-state index in [1.807, 2.05) is 36.7 Å². The van der Waals surface area contributed by atoms with Gasteiger partial charge in [0.25, 0.3) is 0 Å². The fourth-order valence-corrected chi connectivity index (χ4v) is 2.58. The van der Waals surface area contributed by atoms with Crippen molar-refractivity contribution in [3.63, 3.8) is 0 Å². The number of rotatable bonds is 5. The molecule has 0 aliphatic heterocycles. The van der Waals surface area contributed by atoms with E-state index in [-0.39, 0.29) is 11.9 Å². The van der Waals surface area contributed by atoms with Gasteiger partial charge in [-0.2, -0.15) is 0 Å². The minimum Gasteiger partial charge on any atom is -0.329 e. The third kappa shape index (κ3) is 2.95. The molecule has 1 aromatic heterocycles. The Hall–Kier alpha value is -2.20. The molecule has 1 N–H and O–H groups in total. The number of benzene rings is 2. The third-order valence-corrected chi connectivity index (χ3v) is 3.63. The number of aromatic nitrogens is 2. The molecule has 0 aliphatic carbocycles. The van der Waals surface area contributed by atoms with Crippen LogP contribution >= 0.6 is 0 Å². The summed E-state index contributed by atoms with van der Waals surface area (Å²) < 4.78 is 15.2. The van der Waals surface area contributed by atoms with Crippen molar-refractivity contribution in [2.45, 2.75) is 19.5 Å². The van der Waals surface area contributed by atoms with Gasteiger partial charge < -0.3 is 9.88 Å². The van der Waals surface area contributed by atoms with Crippen molar-refractivity contribution >= 4 is 11.0 Å². The first-order valence-corrected chi connectivity index (χ1v) is 7.16. The molecular formula is C17H18FN3. The first kappa shape index (κ1) is 13.8. The van der Waals surface area contributed by atoms with Crippen molar-refractivity contribution in [1.82, 2.24) is 14.9 Å². The Morgan fingerprint density at radius 1 is 1.14 bits per heavy atom. The molecule has 0 amide bonds. The maximum absolute atomic E-state index is 13.1. The SMILES string of the molecule is CCNC(Cn1cnc2ccccc21)c1ccc(F)cc1. The lowest BCUT2D eigenvalue weighted by Gasteiger charge is -2.19. The molecule has 108 valence electrons. The lowest BCUT2D eigenvalue weighted by Crippen LogP contribution is -2.25. The summed E-state index contributed by atoms with van der Waals surface area (Å²) in [4.78, 5) is 4.41. The number of fused-ring (bicyclic) bond motifs is 1. The summed E-state index contributed by atoms with van der Waals surface area (Å²) in [6.07, 6.45) is 1.86. The molecular weight excluding hydrogens is 265 g/mol. The predicted molar refractivity (Wildman–Crippen MR) is 82.6 cm³/mol. The van der Waals surface area contributed by atoms with Gasteiger partial charge in [-0.25, -0.2) is 9.37 Å². The Morgan fingerprint density at radius 3 is 2.67 bits per heavy atom. The largest absolute Gasteiger partial charge is 0.329 e. The molecule has 4 heteroatoms. The molecule has 0 fully saturated rings. The number of halogens is 1. The van der Waals surface area contributed by atoms with Crippen LogP contribution in [0.4, 0.5) is 4.39 Å². The molecule has 3 rings (SSSR count). The van der Waals surface area contributed by atoms with Crippen molar-refractivity contribution < 1.29 is 4.39 Å². The summed E-state index contributed by atoms with van der Waals surface area (Å²) in [6.45, 7) is 3.69. The predicted octanol–water partition coefficient (Wildman–Crippen LogP) is 3.53. The topological polar surface area (TPSA) is 29.9 Å². The first-order valence-electron chi connectivity index (χ1n) is 7.16. The number of nitrogens with one attached hydrogen (secondary N) is 1. The second kappa shape index (κ2) is 6.06. The molecule has 0 radical (unpaired) electrons. The van der Waals surface area contributed by atoms with Crippen LogP contribution in [-0.4, -0.2) is 16.1 Å². The fraction of sp³-hybridized carbons (Fsp3) is 0.235. The Balaban J connectivity index is 1.89. The number of hydrogen-bond donors (Lipinski definition) is 1. The molecule has 1 heterocycles. The highest BCUT2D eigenvalue weighted by molar-refractivity contribution is 5.74. The fourth-order valence-electron chi connectivity index (χ4n) is 2.58. The normalized spacial score (nSPS) is 12.7. The van der Waals surface area contributed by atoms with Crippen LogP contribution in [-0.2, 0) is 6.54 Å². The standard InChI is InChI=1S/C17H18FN3/c1-2-19-16(13-7-9-14(18)10-8-13)11-21-12-20-15-5-3-4-6-17(15)21/h3-10,12,16,19H,2,11H2,1H3. The van der Waals surface area contributed by atoms with Crippen LogP contribution in [0.2, 0.25) is 0 Å². The number of hydrogen-bond acceptors (Lipinski definition) is 2. The minimum atomic E-state index is -0.206. The number of nitrogens with zero attached hydrogens (tertiary/aromatic N) is 2. The maximum atomic E-state index is 13.1. The van der Waals surface area contributed by atoms with Crippen molar-refractivity contribution in [1.29, 1.82) is 0 Å². The highest BCUT2D eigenvalue weighted by Crippen LogP contribution is 2.19. The lowest BCUT2D eigenvalue weighted by atomic mass is 10.1. The summed E-state index contributed by atoms with van der Waals surface area (Å²) in [7, 11) is 0. The summed E-state index contributed by atoms with van der Waals surface area (Å²) >= 11 is 0. The molecule has 0 aliphatic rings. The summed E-state index contributed by atoms with van der Waals surface area (Å²) in [6, 6.07) is 14.9. The van der Waals surface area contributed by atoms with Gasteiger partial charge >= 0.3 is 0 Å². The van der Waals surface area contributed by atoms with Gasteiger partial charge in [0.15, 0.2) is 0 Å². The monoisotopic (exact) mass is 283 g/mol. The van der Waals surface area contributed by atoms with Crippen LogP contribution in [0.15, 0.2) is 54.9 Å². The van der Waals surface area contributed by atoms with Gasteiger partial charge in [0.2, 0.25) is 0 Å². The molecule has 0 saturated heterocycles. The summed E-state index contributed by atoms with van der Waals surface area (Å²) in [5.74, 6) is -0.206. The van der Waals surface area contributed by atoms with E-state index >= 15 is 0 Å². The van der Waals surface area contributed by atoms with E-state index in [1.54, 1.807) is 0 Å². The number of para-hydroxylation sites is 2. The van der Waals surface area contributed by atoms with E-state index in [1.165, 1.54) is 12.1 Å². The van der Waals surface area contributed by atoms with E-state index in [9.17, 15) is 4.39 Å². The molecule has 1 unspecified atom stereocenters. The van der Waals surface area contributed by atoms with Gasteiger partial charge in [-0.05, 0) is 36.4 Å².